The van der Waals surface area contributed by atoms with Gasteiger partial charge < -0.3 is 15.8 Å². The summed E-state index contributed by atoms with van der Waals surface area (Å²) in [7, 11) is 1.51. The van der Waals surface area contributed by atoms with Crippen molar-refractivity contribution < 1.29 is 9.53 Å². The first-order valence-electron chi connectivity index (χ1n) is 6.36. The molecule has 0 aliphatic heterocycles. The molecule has 0 saturated heterocycles. The Bertz CT molecular complexity index is 576. The summed E-state index contributed by atoms with van der Waals surface area (Å²) in [5, 5.41) is 2.54. The van der Waals surface area contributed by atoms with Gasteiger partial charge >= 0.3 is 5.69 Å². The van der Waals surface area contributed by atoms with E-state index in [1.54, 1.807) is 0 Å². The Morgan fingerprint density at radius 1 is 1.45 bits per heavy atom. The minimum Gasteiger partial charge on any atom is -0.393 e. The zero-order chi connectivity index (χ0) is 15.1. The molecule has 1 rings (SSSR count). The summed E-state index contributed by atoms with van der Waals surface area (Å²) in [5.41, 5.74) is 4.34. The van der Waals surface area contributed by atoms with Crippen LogP contribution in [0.25, 0.3) is 0 Å². The molecule has 0 unspecified atom stereocenters. The fraction of sp³-hybridized carbons (Fsp3) is 0.583. The van der Waals surface area contributed by atoms with E-state index in [9.17, 15) is 14.4 Å². The summed E-state index contributed by atoms with van der Waals surface area (Å²) in [6, 6.07) is 0. The van der Waals surface area contributed by atoms with Gasteiger partial charge in [0.15, 0.2) is 0 Å². The van der Waals surface area contributed by atoms with Crippen LogP contribution in [-0.2, 0) is 22.6 Å². The Morgan fingerprint density at radius 2 is 2.15 bits per heavy atom. The molecule has 0 bridgehead atoms. The fourth-order valence-corrected chi connectivity index (χ4v) is 1.71. The smallest absolute Gasteiger partial charge is 0.331 e. The number of carbonyl (C=O) groups is 1. The van der Waals surface area contributed by atoms with E-state index in [2.05, 4.69) is 5.32 Å². The molecule has 0 aliphatic carbocycles. The van der Waals surface area contributed by atoms with Crippen molar-refractivity contribution in [1.82, 2.24) is 14.5 Å². The van der Waals surface area contributed by atoms with Crippen LogP contribution in [0.15, 0.2) is 15.8 Å². The number of hydrogen-bond donors (Lipinski definition) is 2. The quantitative estimate of drug-likeness (QED) is 0.609. The first-order valence-corrected chi connectivity index (χ1v) is 6.36. The van der Waals surface area contributed by atoms with Gasteiger partial charge in [-0.15, -0.1) is 0 Å². The van der Waals surface area contributed by atoms with Crippen molar-refractivity contribution >= 4 is 11.6 Å². The third kappa shape index (κ3) is 3.95. The van der Waals surface area contributed by atoms with E-state index >= 15 is 0 Å². The first-order chi connectivity index (χ1) is 9.51. The number of amides is 1. The predicted octanol–water partition coefficient (Wildman–Crippen LogP) is -1.24. The number of nitrogens with two attached hydrogens (primary N) is 1. The van der Waals surface area contributed by atoms with Crippen LogP contribution in [0.2, 0.25) is 0 Å². The molecule has 0 aromatic carbocycles. The normalized spacial score (nSPS) is 10.5. The highest BCUT2D eigenvalue weighted by atomic mass is 16.5. The molecule has 8 heteroatoms. The van der Waals surface area contributed by atoms with Crippen LogP contribution in [0.1, 0.15) is 13.3 Å². The number of aromatic nitrogens is 2. The van der Waals surface area contributed by atoms with Crippen LogP contribution in [0.4, 0.5) is 5.69 Å². The highest BCUT2D eigenvalue weighted by Gasteiger charge is 2.12. The minimum absolute atomic E-state index is 0.0530. The average molecular weight is 284 g/mol. The van der Waals surface area contributed by atoms with E-state index in [4.69, 9.17) is 10.5 Å². The summed E-state index contributed by atoms with van der Waals surface area (Å²) < 4.78 is 6.96. The Balaban J connectivity index is 2.96. The van der Waals surface area contributed by atoms with Gasteiger partial charge in [-0.3, -0.25) is 14.2 Å². The van der Waals surface area contributed by atoms with Gasteiger partial charge in [0.05, 0.1) is 6.61 Å². The molecule has 0 spiro atoms. The van der Waals surface area contributed by atoms with Crippen LogP contribution in [0, 0.1) is 0 Å². The van der Waals surface area contributed by atoms with Gasteiger partial charge in [0.2, 0.25) is 5.91 Å². The topological polar surface area (TPSA) is 108 Å². The molecule has 0 aliphatic rings. The number of methoxy groups -OCH3 is 1. The lowest BCUT2D eigenvalue weighted by Crippen LogP contribution is -2.44. The molecule has 0 atom stereocenters. The number of aryl methyl sites for hydroxylation is 1. The number of ether oxygens (including phenoxy) is 1. The van der Waals surface area contributed by atoms with Crippen molar-refractivity contribution in [3.05, 3.63) is 27.0 Å². The van der Waals surface area contributed by atoms with Crippen molar-refractivity contribution in [2.75, 3.05) is 26.0 Å². The van der Waals surface area contributed by atoms with Crippen molar-refractivity contribution in [3.8, 4) is 0 Å². The lowest BCUT2D eigenvalue weighted by atomic mass is 10.4. The predicted molar refractivity (Wildman–Crippen MR) is 74.6 cm³/mol. The number of nitrogen functional groups attached to an aromatic ring is 1. The van der Waals surface area contributed by atoms with E-state index in [1.165, 1.54) is 17.9 Å². The fourth-order valence-electron chi connectivity index (χ4n) is 1.71. The maximum Gasteiger partial charge on any atom is 0.331 e. The van der Waals surface area contributed by atoms with Crippen LogP contribution in [-0.4, -0.2) is 35.3 Å². The number of hydrogen-bond acceptors (Lipinski definition) is 5. The molecule has 0 radical (unpaired) electrons. The Kier molecular flexibility index (Phi) is 5.98. The molecule has 1 aromatic heterocycles. The second kappa shape index (κ2) is 7.49. The van der Waals surface area contributed by atoms with Crippen LogP contribution >= 0.6 is 0 Å². The van der Waals surface area contributed by atoms with Crippen LogP contribution in [0.5, 0.6) is 0 Å². The van der Waals surface area contributed by atoms with Crippen molar-refractivity contribution in [2.45, 2.75) is 26.4 Å². The van der Waals surface area contributed by atoms with Gasteiger partial charge in [0.25, 0.3) is 5.56 Å². The molecule has 0 fully saturated rings. The largest absolute Gasteiger partial charge is 0.393 e. The average Bonchev–Trinajstić information content (AvgIpc) is 2.41. The highest BCUT2D eigenvalue weighted by molar-refractivity contribution is 5.75. The van der Waals surface area contributed by atoms with Gasteiger partial charge in [-0.25, -0.2) is 9.36 Å². The molecule has 1 heterocycles. The summed E-state index contributed by atoms with van der Waals surface area (Å²) in [6.07, 6.45) is 2.03. The number of rotatable bonds is 7. The molecule has 1 amide bonds. The second-order valence-electron chi connectivity index (χ2n) is 4.29. The molecule has 3 N–H and O–H groups in total. The molecule has 20 heavy (non-hydrogen) atoms. The summed E-state index contributed by atoms with van der Waals surface area (Å²) >= 11 is 0. The molecule has 112 valence electrons. The Morgan fingerprint density at radius 3 is 2.75 bits per heavy atom. The van der Waals surface area contributed by atoms with Gasteiger partial charge in [0, 0.05) is 26.4 Å². The van der Waals surface area contributed by atoms with E-state index in [-0.39, 0.29) is 12.2 Å². The maximum absolute atomic E-state index is 12.1. The van der Waals surface area contributed by atoms with E-state index in [0.717, 1.165) is 11.0 Å². The minimum atomic E-state index is -0.649. The van der Waals surface area contributed by atoms with Gasteiger partial charge in [-0.2, -0.15) is 0 Å². The number of carbonyl (C=O) groups excluding carboxylic acids is 1. The summed E-state index contributed by atoms with van der Waals surface area (Å²) in [6.45, 7) is 2.66. The second-order valence-corrected chi connectivity index (χ2v) is 4.29. The number of nitrogens with one attached hydrogen (secondary N) is 1. The maximum atomic E-state index is 12.1. The third-order valence-corrected chi connectivity index (χ3v) is 2.66. The molecule has 8 nitrogen and oxygen atoms in total. The van der Waals surface area contributed by atoms with E-state index in [1.807, 2.05) is 6.92 Å². The Hall–Kier alpha value is -2.09. The highest BCUT2D eigenvalue weighted by Crippen LogP contribution is 1.92. The van der Waals surface area contributed by atoms with E-state index < -0.39 is 17.2 Å². The van der Waals surface area contributed by atoms with Crippen LogP contribution in [0.3, 0.4) is 0 Å². The van der Waals surface area contributed by atoms with Gasteiger partial charge in [-0.1, -0.05) is 6.92 Å². The lowest BCUT2D eigenvalue weighted by molar-refractivity contribution is -0.122. The van der Waals surface area contributed by atoms with Crippen LogP contribution < -0.4 is 22.3 Å². The molecule has 0 saturated carbocycles. The lowest BCUT2D eigenvalue weighted by Gasteiger charge is -2.11. The Labute approximate surface area is 116 Å². The molecular formula is C12H20N4O4. The van der Waals surface area contributed by atoms with Gasteiger partial charge in [0.1, 0.15) is 12.2 Å². The summed E-state index contributed by atoms with van der Waals surface area (Å²) in [4.78, 5) is 35.6. The number of nitrogens with zero attached hydrogens (tertiary/aromatic N) is 2. The van der Waals surface area contributed by atoms with Crippen molar-refractivity contribution in [1.29, 1.82) is 0 Å². The van der Waals surface area contributed by atoms with Crippen molar-refractivity contribution in [2.24, 2.45) is 0 Å². The van der Waals surface area contributed by atoms with E-state index in [0.29, 0.717) is 19.7 Å². The number of anilines is 1. The standard InChI is InChI=1S/C12H20N4O4/c1-3-5-15-7-9(13)11(18)16(12(15)19)8-10(17)14-4-6-20-2/h7H,3-6,8,13H2,1-2H3,(H,14,17). The van der Waals surface area contributed by atoms with Gasteiger partial charge in [-0.05, 0) is 6.42 Å². The third-order valence-electron chi connectivity index (χ3n) is 2.66. The summed E-state index contributed by atoms with van der Waals surface area (Å²) in [5.74, 6) is -0.435. The first kappa shape index (κ1) is 16.0. The SMILES string of the molecule is CCCn1cc(N)c(=O)n(CC(=O)NCCOC)c1=O. The zero-order valence-corrected chi connectivity index (χ0v) is 11.7. The van der Waals surface area contributed by atoms with Crippen molar-refractivity contribution in [3.63, 3.8) is 0 Å². The monoisotopic (exact) mass is 284 g/mol. The molecular weight excluding hydrogens is 264 g/mol. The zero-order valence-electron chi connectivity index (χ0n) is 11.7. The molecule has 1 aromatic rings.